The van der Waals surface area contributed by atoms with Crippen LogP contribution in [0.4, 0.5) is 0 Å². The van der Waals surface area contributed by atoms with E-state index in [1.54, 1.807) is 0 Å². The zero-order chi connectivity index (χ0) is 13.2. The van der Waals surface area contributed by atoms with Crippen LogP contribution in [-0.2, 0) is 4.74 Å². The van der Waals surface area contributed by atoms with Gasteiger partial charge in [0.1, 0.15) is 0 Å². The predicted octanol–water partition coefficient (Wildman–Crippen LogP) is 2.78. The summed E-state index contributed by atoms with van der Waals surface area (Å²) in [4.78, 5) is 14.9. The highest BCUT2D eigenvalue weighted by Crippen LogP contribution is 2.33. The highest BCUT2D eigenvalue weighted by atomic mass is 16.5. The van der Waals surface area contributed by atoms with Crippen LogP contribution in [0.3, 0.4) is 0 Å². The van der Waals surface area contributed by atoms with Crippen molar-refractivity contribution < 1.29 is 9.53 Å². The molecule has 0 aromatic heterocycles. The molecule has 102 valence electrons. The lowest BCUT2D eigenvalue weighted by Crippen LogP contribution is -2.44. The summed E-state index contributed by atoms with van der Waals surface area (Å²) in [5.74, 6) is 0.207. The summed E-state index contributed by atoms with van der Waals surface area (Å²) in [6.07, 6.45) is 4.28. The molecule has 3 heteroatoms. The summed E-state index contributed by atoms with van der Waals surface area (Å²) < 4.78 is 5.42. The fourth-order valence-electron chi connectivity index (χ4n) is 2.87. The van der Waals surface area contributed by atoms with E-state index in [2.05, 4.69) is 4.90 Å². The maximum absolute atomic E-state index is 12.8. The largest absolute Gasteiger partial charge is 0.381 e. The molecular formula is C16H21NO2. The third-order valence-electron chi connectivity index (χ3n) is 4.02. The van der Waals surface area contributed by atoms with Crippen molar-refractivity contribution in [3.8, 4) is 0 Å². The van der Waals surface area contributed by atoms with Gasteiger partial charge in [-0.1, -0.05) is 17.7 Å². The van der Waals surface area contributed by atoms with Crippen molar-refractivity contribution in [3.63, 3.8) is 0 Å². The van der Waals surface area contributed by atoms with Crippen LogP contribution < -0.4 is 0 Å². The number of aryl methyl sites for hydroxylation is 1. The number of hydrogen-bond acceptors (Lipinski definition) is 2. The Morgan fingerprint density at radius 3 is 2.47 bits per heavy atom. The monoisotopic (exact) mass is 259 g/mol. The quantitative estimate of drug-likeness (QED) is 0.835. The normalized spacial score (nSPS) is 20.3. The number of hydrogen-bond donors (Lipinski definition) is 0. The molecule has 0 unspecified atom stereocenters. The van der Waals surface area contributed by atoms with Crippen molar-refractivity contribution in [1.82, 2.24) is 4.90 Å². The summed E-state index contributed by atoms with van der Waals surface area (Å²) in [6.45, 7) is 3.61. The van der Waals surface area contributed by atoms with Crippen molar-refractivity contribution >= 4 is 5.91 Å². The van der Waals surface area contributed by atoms with Gasteiger partial charge in [-0.15, -0.1) is 0 Å². The Labute approximate surface area is 114 Å². The third-order valence-corrected chi connectivity index (χ3v) is 4.02. The van der Waals surface area contributed by atoms with Crippen LogP contribution in [0.1, 0.15) is 41.6 Å². The van der Waals surface area contributed by atoms with Crippen LogP contribution in [0.25, 0.3) is 0 Å². The van der Waals surface area contributed by atoms with Gasteiger partial charge in [0.25, 0.3) is 5.91 Å². The molecule has 1 aliphatic heterocycles. The average molecular weight is 259 g/mol. The standard InChI is InChI=1S/C16H21NO2/c1-12-3-2-4-13(11-12)16(18)17(14-5-6-14)15-7-9-19-10-8-15/h2-4,11,14-15H,5-10H2,1H3. The van der Waals surface area contributed by atoms with Gasteiger partial charge in [-0.25, -0.2) is 0 Å². The van der Waals surface area contributed by atoms with Crippen molar-refractivity contribution in [2.75, 3.05) is 13.2 Å². The Morgan fingerprint density at radius 2 is 1.84 bits per heavy atom. The van der Waals surface area contributed by atoms with E-state index in [1.807, 2.05) is 31.2 Å². The lowest BCUT2D eigenvalue weighted by molar-refractivity contribution is 0.0267. The molecule has 2 aliphatic rings. The second kappa shape index (κ2) is 5.33. The molecule has 1 saturated heterocycles. The molecule has 0 spiro atoms. The third kappa shape index (κ3) is 2.81. The van der Waals surface area contributed by atoms with E-state index in [-0.39, 0.29) is 5.91 Å². The van der Waals surface area contributed by atoms with E-state index in [0.717, 1.165) is 50.0 Å². The molecule has 1 amide bonds. The first-order valence-corrected chi connectivity index (χ1v) is 7.23. The molecule has 0 bridgehead atoms. The summed E-state index contributed by atoms with van der Waals surface area (Å²) in [5.41, 5.74) is 1.98. The second-order valence-electron chi connectivity index (χ2n) is 5.66. The molecule has 2 fully saturated rings. The molecule has 3 nitrogen and oxygen atoms in total. The molecule has 1 aromatic carbocycles. The topological polar surface area (TPSA) is 29.5 Å². The Morgan fingerprint density at radius 1 is 1.16 bits per heavy atom. The average Bonchev–Trinajstić information content (AvgIpc) is 3.25. The number of amides is 1. The van der Waals surface area contributed by atoms with E-state index in [9.17, 15) is 4.79 Å². The van der Waals surface area contributed by atoms with Crippen LogP contribution in [0, 0.1) is 6.92 Å². The molecule has 0 N–H and O–H groups in total. The van der Waals surface area contributed by atoms with Gasteiger partial charge in [-0.2, -0.15) is 0 Å². The Balaban J connectivity index is 1.81. The minimum Gasteiger partial charge on any atom is -0.381 e. The highest BCUT2D eigenvalue weighted by Gasteiger charge is 2.38. The first-order chi connectivity index (χ1) is 9.25. The fraction of sp³-hybridized carbons (Fsp3) is 0.562. The summed E-state index contributed by atoms with van der Waals surface area (Å²) in [7, 11) is 0. The number of benzene rings is 1. The predicted molar refractivity (Wildman–Crippen MR) is 74.2 cm³/mol. The maximum atomic E-state index is 12.8. The van der Waals surface area contributed by atoms with E-state index in [4.69, 9.17) is 4.74 Å². The van der Waals surface area contributed by atoms with E-state index >= 15 is 0 Å². The zero-order valence-corrected chi connectivity index (χ0v) is 11.5. The van der Waals surface area contributed by atoms with Gasteiger partial charge in [0.15, 0.2) is 0 Å². The first-order valence-electron chi connectivity index (χ1n) is 7.23. The maximum Gasteiger partial charge on any atom is 0.254 e. The summed E-state index contributed by atoms with van der Waals surface area (Å²) in [5, 5.41) is 0. The number of carbonyl (C=O) groups is 1. The molecule has 0 radical (unpaired) electrons. The van der Waals surface area contributed by atoms with Gasteiger partial charge in [0.2, 0.25) is 0 Å². The molecular weight excluding hydrogens is 238 g/mol. The molecule has 1 heterocycles. The van der Waals surface area contributed by atoms with Crippen LogP contribution in [-0.4, -0.2) is 36.1 Å². The smallest absolute Gasteiger partial charge is 0.254 e. The minimum absolute atomic E-state index is 0.207. The van der Waals surface area contributed by atoms with Crippen LogP contribution in [0.15, 0.2) is 24.3 Å². The van der Waals surface area contributed by atoms with Crippen LogP contribution in [0.2, 0.25) is 0 Å². The van der Waals surface area contributed by atoms with Crippen molar-refractivity contribution in [2.24, 2.45) is 0 Å². The van der Waals surface area contributed by atoms with Crippen molar-refractivity contribution in [2.45, 2.75) is 44.7 Å². The van der Waals surface area contributed by atoms with E-state index in [0.29, 0.717) is 12.1 Å². The molecule has 1 aromatic rings. The Kier molecular flexibility index (Phi) is 3.56. The highest BCUT2D eigenvalue weighted by molar-refractivity contribution is 5.95. The van der Waals surface area contributed by atoms with Crippen LogP contribution in [0.5, 0.6) is 0 Å². The number of ether oxygens (including phenoxy) is 1. The number of rotatable bonds is 3. The summed E-state index contributed by atoms with van der Waals surface area (Å²) in [6, 6.07) is 8.77. The molecule has 3 rings (SSSR count). The van der Waals surface area contributed by atoms with Gasteiger partial charge in [0, 0.05) is 30.9 Å². The van der Waals surface area contributed by atoms with Gasteiger partial charge in [0.05, 0.1) is 0 Å². The van der Waals surface area contributed by atoms with Gasteiger partial charge in [-0.3, -0.25) is 4.79 Å². The van der Waals surface area contributed by atoms with Crippen LogP contribution >= 0.6 is 0 Å². The Bertz CT molecular complexity index is 462. The number of carbonyl (C=O) groups excluding carboxylic acids is 1. The summed E-state index contributed by atoms with van der Waals surface area (Å²) >= 11 is 0. The van der Waals surface area contributed by atoms with E-state index in [1.165, 1.54) is 0 Å². The first kappa shape index (κ1) is 12.7. The fourth-order valence-corrected chi connectivity index (χ4v) is 2.87. The van der Waals surface area contributed by atoms with E-state index < -0.39 is 0 Å². The van der Waals surface area contributed by atoms with Gasteiger partial charge in [-0.05, 0) is 44.7 Å². The lowest BCUT2D eigenvalue weighted by Gasteiger charge is -2.34. The van der Waals surface area contributed by atoms with Gasteiger partial charge < -0.3 is 9.64 Å². The molecule has 19 heavy (non-hydrogen) atoms. The molecule has 1 saturated carbocycles. The van der Waals surface area contributed by atoms with Crippen molar-refractivity contribution in [1.29, 1.82) is 0 Å². The van der Waals surface area contributed by atoms with Crippen molar-refractivity contribution in [3.05, 3.63) is 35.4 Å². The second-order valence-corrected chi connectivity index (χ2v) is 5.66. The Hall–Kier alpha value is -1.35. The SMILES string of the molecule is Cc1cccc(C(=O)N(C2CCOCC2)C2CC2)c1. The molecule has 1 aliphatic carbocycles. The minimum atomic E-state index is 0.207. The zero-order valence-electron chi connectivity index (χ0n) is 11.5. The molecule has 0 atom stereocenters. The lowest BCUT2D eigenvalue weighted by atomic mass is 10.0. The number of nitrogens with zero attached hydrogens (tertiary/aromatic N) is 1. The van der Waals surface area contributed by atoms with Gasteiger partial charge >= 0.3 is 0 Å².